The van der Waals surface area contributed by atoms with E-state index in [0.717, 1.165) is 34.0 Å². The van der Waals surface area contributed by atoms with Crippen LogP contribution < -0.4 is 20.3 Å². The molecule has 0 aliphatic rings. The number of benzene rings is 2. The van der Waals surface area contributed by atoms with Crippen LogP contribution in [-0.4, -0.2) is 40.8 Å². The SMILES string of the molecule is COc1ccc(/C(C)=N/Nc2nnc(C)c(N/N=C(\C)c3ccc(OC)cc3)n2)cc1. The maximum absolute atomic E-state index is 5.18. The van der Waals surface area contributed by atoms with Gasteiger partial charge in [0.25, 0.3) is 5.95 Å². The number of anilines is 2. The smallest absolute Gasteiger partial charge is 0.265 e. The zero-order valence-corrected chi connectivity index (χ0v) is 18.2. The van der Waals surface area contributed by atoms with Gasteiger partial charge in [-0.25, -0.2) is 5.43 Å². The van der Waals surface area contributed by atoms with E-state index in [1.54, 1.807) is 21.1 Å². The highest BCUT2D eigenvalue weighted by atomic mass is 16.5. The molecule has 0 saturated heterocycles. The van der Waals surface area contributed by atoms with Crippen LogP contribution in [0.4, 0.5) is 11.8 Å². The van der Waals surface area contributed by atoms with Crippen molar-refractivity contribution in [2.24, 2.45) is 10.2 Å². The Hall–Kier alpha value is -4.01. The molecule has 0 atom stereocenters. The molecule has 9 nitrogen and oxygen atoms in total. The number of hydrogen-bond acceptors (Lipinski definition) is 9. The lowest BCUT2D eigenvalue weighted by molar-refractivity contribution is 0.414. The Kier molecular flexibility index (Phi) is 7.10. The van der Waals surface area contributed by atoms with Crippen LogP contribution in [-0.2, 0) is 0 Å². The summed E-state index contributed by atoms with van der Waals surface area (Å²) in [7, 11) is 3.27. The molecule has 0 aliphatic heterocycles. The number of methoxy groups -OCH3 is 2. The van der Waals surface area contributed by atoms with E-state index >= 15 is 0 Å². The summed E-state index contributed by atoms with van der Waals surface area (Å²) in [6, 6.07) is 15.3. The van der Waals surface area contributed by atoms with Crippen LogP contribution >= 0.6 is 0 Å². The zero-order valence-electron chi connectivity index (χ0n) is 18.2. The van der Waals surface area contributed by atoms with Crippen molar-refractivity contribution in [3.05, 3.63) is 65.4 Å². The van der Waals surface area contributed by atoms with E-state index in [0.29, 0.717) is 11.5 Å². The molecule has 0 unspecified atom stereocenters. The predicted octanol–water partition coefficient (Wildman–Crippen LogP) is 3.87. The first kappa shape index (κ1) is 21.7. The predicted molar refractivity (Wildman–Crippen MR) is 122 cm³/mol. The fourth-order valence-electron chi connectivity index (χ4n) is 2.60. The monoisotopic (exact) mass is 419 g/mol. The highest BCUT2D eigenvalue weighted by Gasteiger charge is 2.06. The second-order valence-corrected chi connectivity index (χ2v) is 6.64. The number of hydrogen-bond donors (Lipinski definition) is 2. The summed E-state index contributed by atoms with van der Waals surface area (Å²) in [5.74, 6) is 2.33. The van der Waals surface area contributed by atoms with Gasteiger partial charge >= 0.3 is 0 Å². The number of aromatic nitrogens is 3. The minimum atomic E-state index is 0.262. The maximum Gasteiger partial charge on any atom is 0.265 e. The summed E-state index contributed by atoms with van der Waals surface area (Å²) in [4.78, 5) is 4.41. The van der Waals surface area contributed by atoms with E-state index in [4.69, 9.17) is 9.47 Å². The average Bonchev–Trinajstić information content (AvgIpc) is 2.82. The molecule has 31 heavy (non-hydrogen) atoms. The number of aryl methyl sites for hydroxylation is 1. The van der Waals surface area contributed by atoms with Gasteiger partial charge in [-0.3, -0.25) is 5.43 Å². The Bertz CT molecular complexity index is 1080. The van der Waals surface area contributed by atoms with Crippen molar-refractivity contribution in [3.63, 3.8) is 0 Å². The van der Waals surface area contributed by atoms with Crippen molar-refractivity contribution < 1.29 is 9.47 Å². The Morgan fingerprint density at radius 1 is 0.742 bits per heavy atom. The fraction of sp³-hybridized carbons (Fsp3) is 0.227. The second-order valence-electron chi connectivity index (χ2n) is 6.64. The van der Waals surface area contributed by atoms with Crippen molar-refractivity contribution in [1.82, 2.24) is 15.2 Å². The lowest BCUT2D eigenvalue weighted by Crippen LogP contribution is -2.08. The van der Waals surface area contributed by atoms with Gasteiger partial charge in [0, 0.05) is 0 Å². The van der Waals surface area contributed by atoms with Crippen LogP contribution in [0.2, 0.25) is 0 Å². The van der Waals surface area contributed by atoms with Crippen molar-refractivity contribution >= 4 is 23.2 Å². The van der Waals surface area contributed by atoms with Gasteiger partial charge in [0.15, 0.2) is 5.82 Å². The van der Waals surface area contributed by atoms with Crippen LogP contribution in [0.15, 0.2) is 58.7 Å². The van der Waals surface area contributed by atoms with Crippen molar-refractivity contribution in [1.29, 1.82) is 0 Å². The molecular formula is C22H25N7O2. The summed E-state index contributed by atoms with van der Waals surface area (Å²) in [5.41, 5.74) is 9.89. The molecule has 0 saturated carbocycles. The number of ether oxygens (including phenoxy) is 2. The average molecular weight is 419 g/mol. The minimum absolute atomic E-state index is 0.262. The lowest BCUT2D eigenvalue weighted by Gasteiger charge is -2.07. The minimum Gasteiger partial charge on any atom is -0.497 e. The number of rotatable bonds is 8. The van der Waals surface area contributed by atoms with Gasteiger partial charge in [0.05, 0.1) is 25.6 Å². The van der Waals surface area contributed by atoms with E-state index in [-0.39, 0.29) is 5.95 Å². The van der Waals surface area contributed by atoms with Gasteiger partial charge in [-0.05, 0) is 80.4 Å². The molecule has 0 bridgehead atoms. The van der Waals surface area contributed by atoms with E-state index < -0.39 is 0 Å². The number of nitrogens with zero attached hydrogens (tertiary/aromatic N) is 5. The third-order valence-electron chi connectivity index (χ3n) is 4.52. The van der Waals surface area contributed by atoms with Crippen LogP contribution in [0.3, 0.4) is 0 Å². The normalized spacial score (nSPS) is 11.8. The molecular weight excluding hydrogens is 394 g/mol. The molecule has 1 aromatic heterocycles. The Morgan fingerprint density at radius 3 is 1.71 bits per heavy atom. The molecule has 2 N–H and O–H groups in total. The van der Waals surface area contributed by atoms with Gasteiger partial charge in [-0.1, -0.05) is 0 Å². The molecule has 0 radical (unpaired) electrons. The molecule has 9 heteroatoms. The number of hydrazone groups is 2. The summed E-state index contributed by atoms with van der Waals surface area (Å²) in [6.07, 6.45) is 0. The molecule has 3 aromatic rings. The van der Waals surface area contributed by atoms with E-state index in [1.807, 2.05) is 62.4 Å². The van der Waals surface area contributed by atoms with Crippen LogP contribution in [0.5, 0.6) is 11.5 Å². The van der Waals surface area contributed by atoms with Crippen molar-refractivity contribution in [3.8, 4) is 11.5 Å². The van der Waals surface area contributed by atoms with E-state index in [1.165, 1.54) is 0 Å². The highest BCUT2D eigenvalue weighted by molar-refractivity contribution is 5.99. The second kappa shape index (κ2) is 10.1. The molecule has 0 aliphatic carbocycles. The first-order valence-corrected chi connectivity index (χ1v) is 9.61. The third kappa shape index (κ3) is 5.75. The molecule has 3 rings (SSSR count). The molecule has 0 spiro atoms. The summed E-state index contributed by atoms with van der Waals surface area (Å²) >= 11 is 0. The van der Waals surface area contributed by atoms with Crippen molar-refractivity contribution in [2.75, 3.05) is 25.1 Å². The van der Waals surface area contributed by atoms with Gasteiger partial charge in [-0.15, -0.1) is 10.2 Å². The maximum atomic E-state index is 5.18. The first-order chi connectivity index (χ1) is 15.0. The van der Waals surface area contributed by atoms with Gasteiger partial charge in [-0.2, -0.15) is 15.2 Å². The zero-order chi connectivity index (χ0) is 22.2. The Balaban J connectivity index is 1.70. The standard InChI is InChI=1S/C22H25N7O2/c1-14(17-6-10-19(30-4)11-7-17)24-27-21-16(3)26-29-22(23-21)28-25-15(2)18-8-12-20(31-5)13-9-18/h6-13H,1-5H3,(H2,23,27,28,29)/b24-14+,25-15+. The number of nitrogens with one attached hydrogen (secondary N) is 2. The highest BCUT2D eigenvalue weighted by Crippen LogP contribution is 2.15. The van der Waals surface area contributed by atoms with Crippen molar-refractivity contribution in [2.45, 2.75) is 20.8 Å². The first-order valence-electron chi connectivity index (χ1n) is 9.61. The fourth-order valence-corrected chi connectivity index (χ4v) is 2.60. The van der Waals surface area contributed by atoms with Gasteiger partial charge < -0.3 is 9.47 Å². The quantitative estimate of drug-likeness (QED) is 0.422. The largest absolute Gasteiger partial charge is 0.497 e. The summed E-state index contributed by atoms with van der Waals surface area (Å²) < 4.78 is 10.4. The van der Waals surface area contributed by atoms with Gasteiger partial charge in [0.2, 0.25) is 0 Å². The third-order valence-corrected chi connectivity index (χ3v) is 4.52. The van der Waals surface area contributed by atoms with Gasteiger partial charge in [0.1, 0.15) is 17.2 Å². The molecule has 2 aromatic carbocycles. The summed E-state index contributed by atoms with van der Waals surface area (Å²) in [6.45, 7) is 5.59. The topological polar surface area (TPSA) is 106 Å². The summed E-state index contributed by atoms with van der Waals surface area (Å²) in [5, 5.41) is 16.9. The van der Waals surface area contributed by atoms with Crippen LogP contribution in [0, 0.1) is 6.92 Å². The molecule has 160 valence electrons. The Labute approximate surface area is 181 Å². The Morgan fingerprint density at radius 2 is 1.23 bits per heavy atom. The molecule has 0 amide bonds. The van der Waals surface area contributed by atoms with Crippen LogP contribution in [0.25, 0.3) is 0 Å². The molecule has 0 fully saturated rings. The van der Waals surface area contributed by atoms with E-state index in [9.17, 15) is 0 Å². The van der Waals surface area contributed by atoms with E-state index in [2.05, 4.69) is 36.2 Å². The van der Waals surface area contributed by atoms with Crippen LogP contribution in [0.1, 0.15) is 30.7 Å². The molecule has 1 heterocycles. The lowest BCUT2D eigenvalue weighted by atomic mass is 10.1.